The van der Waals surface area contributed by atoms with Gasteiger partial charge in [0.15, 0.2) is 0 Å². The summed E-state index contributed by atoms with van der Waals surface area (Å²) >= 11 is 0. The molecule has 0 bridgehead atoms. The average molecular weight is 245 g/mol. The van der Waals surface area contributed by atoms with Crippen LogP contribution in [0.15, 0.2) is 36.4 Å². The standard InChI is InChI=1S/C15H16O2.H3N/c1-2-3-6-12-10-9-11-7-4-5-8-13(11)14(12)15(16)17;/h4-5,7-10H,2-3,6H2,1H3,(H,16,17);1H3. The van der Waals surface area contributed by atoms with Gasteiger partial charge in [-0.05, 0) is 29.2 Å². The molecule has 0 unspecified atom stereocenters. The van der Waals surface area contributed by atoms with Crippen LogP contribution >= 0.6 is 0 Å². The van der Waals surface area contributed by atoms with Crippen LogP contribution in [0.1, 0.15) is 35.7 Å². The number of aryl methyl sites for hydroxylation is 1. The van der Waals surface area contributed by atoms with Crippen LogP contribution in [0.3, 0.4) is 0 Å². The Morgan fingerprint density at radius 1 is 1.17 bits per heavy atom. The van der Waals surface area contributed by atoms with Crippen LogP contribution in [0.5, 0.6) is 0 Å². The summed E-state index contributed by atoms with van der Waals surface area (Å²) in [5, 5.41) is 11.2. The highest BCUT2D eigenvalue weighted by atomic mass is 16.4. The van der Waals surface area contributed by atoms with Crippen molar-refractivity contribution in [1.82, 2.24) is 6.15 Å². The first-order valence-electron chi connectivity index (χ1n) is 5.98. The van der Waals surface area contributed by atoms with E-state index >= 15 is 0 Å². The lowest BCUT2D eigenvalue weighted by Crippen LogP contribution is -2.03. The fourth-order valence-corrected chi connectivity index (χ4v) is 2.14. The predicted octanol–water partition coefficient (Wildman–Crippen LogP) is 4.04. The quantitative estimate of drug-likeness (QED) is 0.853. The molecular formula is C15H19NO2. The summed E-state index contributed by atoms with van der Waals surface area (Å²) in [5.74, 6) is -0.826. The maximum absolute atomic E-state index is 11.4. The molecule has 0 aliphatic carbocycles. The summed E-state index contributed by atoms with van der Waals surface area (Å²) in [5.41, 5.74) is 1.41. The number of hydrogen-bond donors (Lipinski definition) is 2. The molecule has 2 aromatic rings. The molecular weight excluding hydrogens is 226 g/mol. The molecule has 0 heterocycles. The normalized spacial score (nSPS) is 10.1. The van der Waals surface area contributed by atoms with Crippen molar-refractivity contribution >= 4 is 16.7 Å². The first-order chi connectivity index (χ1) is 8.24. The van der Waals surface area contributed by atoms with Crippen molar-refractivity contribution in [3.63, 3.8) is 0 Å². The van der Waals surface area contributed by atoms with E-state index in [0.29, 0.717) is 5.56 Å². The van der Waals surface area contributed by atoms with E-state index in [9.17, 15) is 9.90 Å². The molecule has 0 fully saturated rings. The highest BCUT2D eigenvalue weighted by Gasteiger charge is 2.13. The van der Waals surface area contributed by atoms with Gasteiger partial charge in [-0.2, -0.15) is 0 Å². The largest absolute Gasteiger partial charge is 0.478 e. The molecule has 18 heavy (non-hydrogen) atoms. The Labute approximate surface area is 107 Å². The molecule has 0 amide bonds. The van der Waals surface area contributed by atoms with Crippen LogP contribution in [-0.4, -0.2) is 11.1 Å². The zero-order valence-electron chi connectivity index (χ0n) is 10.6. The Balaban J connectivity index is 0.00000162. The summed E-state index contributed by atoms with van der Waals surface area (Å²) in [6, 6.07) is 11.6. The minimum absolute atomic E-state index is 0. The van der Waals surface area contributed by atoms with Crippen molar-refractivity contribution in [2.24, 2.45) is 0 Å². The van der Waals surface area contributed by atoms with E-state index in [2.05, 4.69) is 6.92 Å². The summed E-state index contributed by atoms with van der Waals surface area (Å²) in [7, 11) is 0. The maximum Gasteiger partial charge on any atom is 0.336 e. The van der Waals surface area contributed by atoms with Gasteiger partial charge < -0.3 is 11.3 Å². The molecule has 96 valence electrons. The third-order valence-electron chi connectivity index (χ3n) is 3.03. The lowest BCUT2D eigenvalue weighted by molar-refractivity contribution is 0.0698. The number of carbonyl (C=O) groups is 1. The van der Waals surface area contributed by atoms with E-state index < -0.39 is 5.97 Å². The molecule has 0 saturated carbocycles. The number of fused-ring (bicyclic) bond motifs is 1. The Morgan fingerprint density at radius 2 is 1.89 bits per heavy atom. The van der Waals surface area contributed by atoms with Gasteiger partial charge >= 0.3 is 5.97 Å². The number of carboxylic acid groups (broad SMARTS) is 1. The highest BCUT2D eigenvalue weighted by Crippen LogP contribution is 2.23. The van der Waals surface area contributed by atoms with E-state index in [1.165, 1.54) is 0 Å². The molecule has 4 N–H and O–H groups in total. The molecule has 0 atom stereocenters. The first kappa shape index (κ1) is 14.2. The van der Waals surface area contributed by atoms with Gasteiger partial charge in [-0.3, -0.25) is 0 Å². The van der Waals surface area contributed by atoms with Gasteiger partial charge in [0.1, 0.15) is 0 Å². The molecule has 0 spiro atoms. The monoisotopic (exact) mass is 245 g/mol. The highest BCUT2D eigenvalue weighted by molar-refractivity contribution is 6.05. The van der Waals surface area contributed by atoms with E-state index in [1.807, 2.05) is 36.4 Å². The molecule has 2 aromatic carbocycles. The van der Waals surface area contributed by atoms with Gasteiger partial charge in [-0.15, -0.1) is 0 Å². The van der Waals surface area contributed by atoms with Gasteiger partial charge in [0.2, 0.25) is 0 Å². The molecule has 0 aliphatic heterocycles. The molecule has 2 rings (SSSR count). The predicted molar refractivity (Wildman–Crippen MR) is 74.5 cm³/mol. The number of carboxylic acids is 1. The third-order valence-corrected chi connectivity index (χ3v) is 3.03. The van der Waals surface area contributed by atoms with Crippen LogP contribution in [0.4, 0.5) is 0 Å². The number of rotatable bonds is 4. The number of aromatic carboxylic acids is 1. The SMILES string of the molecule is CCCCc1ccc2ccccc2c1C(=O)O.N. The second-order valence-corrected chi connectivity index (χ2v) is 4.23. The molecule has 0 aromatic heterocycles. The van der Waals surface area contributed by atoms with Crippen LogP contribution in [0.25, 0.3) is 10.8 Å². The summed E-state index contributed by atoms with van der Waals surface area (Å²) in [6.07, 6.45) is 2.94. The second kappa shape index (κ2) is 6.17. The Morgan fingerprint density at radius 3 is 2.56 bits per heavy atom. The van der Waals surface area contributed by atoms with Crippen molar-refractivity contribution < 1.29 is 9.90 Å². The number of hydrogen-bond acceptors (Lipinski definition) is 2. The van der Waals surface area contributed by atoms with Gasteiger partial charge in [0.05, 0.1) is 5.56 Å². The fraction of sp³-hybridized carbons (Fsp3) is 0.267. The van der Waals surface area contributed by atoms with E-state index in [-0.39, 0.29) is 6.15 Å². The average Bonchev–Trinajstić information content (AvgIpc) is 2.35. The lowest BCUT2D eigenvalue weighted by atomic mass is 9.96. The molecule has 0 radical (unpaired) electrons. The minimum atomic E-state index is -0.826. The molecule has 0 aliphatic rings. The summed E-state index contributed by atoms with van der Waals surface area (Å²) in [6.45, 7) is 2.11. The van der Waals surface area contributed by atoms with Crippen LogP contribution in [0, 0.1) is 0 Å². The fourth-order valence-electron chi connectivity index (χ4n) is 2.14. The van der Waals surface area contributed by atoms with Gasteiger partial charge in [-0.1, -0.05) is 49.7 Å². The third kappa shape index (κ3) is 2.68. The van der Waals surface area contributed by atoms with E-state index in [4.69, 9.17) is 0 Å². The topological polar surface area (TPSA) is 72.3 Å². The smallest absolute Gasteiger partial charge is 0.336 e. The van der Waals surface area contributed by atoms with Crippen molar-refractivity contribution in [3.8, 4) is 0 Å². The van der Waals surface area contributed by atoms with Crippen molar-refractivity contribution in [3.05, 3.63) is 47.5 Å². The Bertz CT molecular complexity index is 549. The van der Waals surface area contributed by atoms with Gasteiger partial charge in [0, 0.05) is 0 Å². The maximum atomic E-state index is 11.4. The summed E-state index contributed by atoms with van der Waals surface area (Å²) in [4.78, 5) is 11.4. The second-order valence-electron chi connectivity index (χ2n) is 4.23. The number of benzene rings is 2. The van der Waals surface area contributed by atoms with Crippen molar-refractivity contribution in [2.45, 2.75) is 26.2 Å². The van der Waals surface area contributed by atoms with Gasteiger partial charge in [-0.25, -0.2) is 4.79 Å². The zero-order valence-corrected chi connectivity index (χ0v) is 10.6. The first-order valence-corrected chi connectivity index (χ1v) is 5.98. The van der Waals surface area contributed by atoms with Crippen LogP contribution in [0.2, 0.25) is 0 Å². The number of unbranched alkanes of at least 4 members (excludes halogenated alkanes) is 1. The van der Waals surface area contributed by atoms with E-state index in [1.54, 1.807) is 0 Å². The Kier molecular flexibility index (Phi) is 4.86. The lowest BCUT2D eigenvalue weighted by Gasteiger charge is -2.09. The van der Waals surface area contributed by atoms with Crippen molar-refractivity contribution in [1.29, 1.82) is 0 Å². The summed E-state index contributed by atoms with van der Waals surface area (Å²) < 4.78 is 0. The Hall–Kier alpha value is -1.87. The zero-order chi connectivity index (χ0) is 12.3. The molecule has 3 heteroatoms. The van der Waals surface area contributed by atoms with Crippen molar-refractivity contribution in [2.75, 3.05) is 0 Å². The van der Waals surface area contributed by atoms with Gasteiger partial charge in [0.25, 0.3) is 0 Å². The molecule has 3 nitrogen and oxygen atoms in total. The van der Waals surface area contributed by atoms with E-state index in [0.717, 1.165) is 35.6 Å². The van der Waals surface area contributed by atoms with Crippen LogP contribution < -0.4 is 6.15 Å². The molecule has 0 saturated heterocycles. The van der Waals surface area contributed by atoms with Crippen LogP contribution in [-0.2, 0) is 6.42 Å². The minimum Gasteiger partial charge on any atom is -0.478 e.